The number of piperidine rings is 2. The largest absolute Gasteiger partial charge is 0.489 e. The number of amides is 5. The van der Waals surface area contributed by atoms with Crippen molar-refractivity contribution < 1.29 is 33.1 Å². The van der Waals surface area contributed by atoms with Crippen LogP contribution in [0.25, 0.3) is 0 Å². The molecule has 60 heavy (non-hydrogen) atoms. The number of hydrogen-bond donors (Lipinski definition) is 2. The molecule has 3 aromatic rings. The van der Waals surface area contributed by atoms with Crippen LogP contribution in [-0.4, -0.2) is 114 Å². The second-order valence-corrected chi connectivity index (χ2v) is 18.0. The highest BCUT2D eigenvalue weighted by molar-refractivity contribution is 6.31. The molecule has 5 amide bonds. The molecule has 5 aliphatic rings. The molecule has 0 radical (unpaired) electrons. The van der Waals surface area contributed by atoms with Gasteiger partial charge in [-0.1, -0.05) is 39.3 Å². The highest BCUT2D eigenvalue weighted by atomic mass is 35.5. The molecule has 15 nitrogen and oxygen atoms in total. The van der Waals surface area contributed by atoms with Gasteiger partial charge >= 0.3 is 0 Å². The number of nitrogens with zero attached hydrogens (tertiary/aromatic N) is 7. The number of nitriles is 1. The number of hydrogen-bond acceptors (Lipinski definition) is 12. The highest BCUT2D eigenvalue weighted by Crippen LogP contribution is 2.55. The lowest BCUT2D eigenvalue weighted by Crippen LogP contribution is -2.74. The van der Waals surface area contributed by atoms with E-state index in [-0.39, 0.29) is 53.4 Å². The van der Waals surface area contributed by atoms with Crippen LogP contribution in [0.3, 0.4) is 0 Å². The van der Waals surface area contributed by atoms with E-state index in [9.17, 15) is 29.2 Å². The van der Waals surface area contributed by atoms with Crippen molar-refractivity contribution in [3.05, 3.63) is 75.7 Å². The summed E-state index contributed by atoms with van der Waals surface area (Å²) in [5.74, 6) is -1.78. The summed E-state index contributed by atoms with van der Waals surface area (Å²) in [5.41, 5.74) is 0.0311. The Bertz CT molecular complexity index is 2280. The summed E-state index contributed by atoms with van der Waals surface area (Å²) >= 11 is 6.23. The molecule has 4 fully saturated rings. The smallest absolute Gasteiger partial charge is 0.272 e. The van der Waals surface area contributed by atoms with E-state index < -0.39 is 46.3 Å². The number of benzene rings is 2. The first kappa shape index (κ1) is 41.1. The molecule has 4 aliphatic heterocycles. The number of halogens is 2. The normalized spacial score (nSPS) is 24.1. The summed E-state index contributed by atoms with van der Waals surface area (Å²) in [6, 6.07) is 11.8. The number of rotatable bonds is 9. The zero-order valence-corrected chi connectivity index (χ0v) is 34.7. The molecular weight excluding hydrogens is 793 g/mol. The summed E-state index contributed by atoms with van der Waals surface area (Å²) in [5, 5.41) is 23.6. The number of piperazine rings is 1. The molecule has 8 rings (SSSR count). The van der Waals surface area contributed by atoms with E-state index in [4.69, 9.17) is 16.3 Å². The van der Waals surface area contributed by atoms with E-state index in [1.807, 2.05) is 38.7 Å². The lowest BCUT2D eigenvalue weighted by atomic mass is 9.49. The van der Waals surface area contributed by atoms with Crippen LogP contribution < -0.4 is 25.2 Å². The maximum Gasteiger partial charge on any atom is 0.272 e. The van der Waals surface area contributed by atoms with Crippen LogP contribution in [0.15, 0.2) is 42.5 Å². The highest BCUT2D eigenvalue weighted by Gasteiger charge is 2.64. The van der Waals surface area contributed by atoms with Crippen molar-refractivity contribution in [1.29, 1.82) is 5.26 Å². The molecule has 2 aromatic carbocycles. The summed E-state index contributed by atoms with van der Waals surface area (Å²) < 4.78 is 21.8. The fourth-order valence-corrected chi connectivity index (χ4v) is 10.2. The second-order valence-electron chi connectivity index (χ2n) is 17.6. The van der Waals surface area contributed by atoms with Crippen LogP contribution in [0, 0.1) is 33.9 Å². The van der Waals surface area contributed by atoms with E-state index in [0.717, 1.165) is 56.5 Å². The Kier molecular flexibility index (Phi) is 10.8. The number of carbonyl (C=O) groups excluding carboxylic acids is 5. The topological polar surface area (TPSA) is 181 Å². The predicted octanol–water partition coefficient (Wildman–Crippen LogP) is 4.19. The third-order valence-corrected chi connectivity index (χ3v) is 13.3. The standard InChI is InChI=1S/C43H47ClFN9O6/c1-42(2)40(43(3,4)41(42)60-26-6-5-25(22-46)29(44)19-26)48-36(56)31-7-9-34(50-49-31)53-17-15-51(16-18-53)23-24-11-13-52(14-12-24)33-21-28-27(20-30(33)45)38(58)54(39(28)59)32-8-10-35(55)47-37(32)57/h5-7,9,19-21,24,32,40-41H,8,10-18,23H2,1-4H3,(H,48,56)(H,47,55,57). The van der Waals surface area contributed by atoms with E-state index in [1.54, 1.807) is 24.3 Å². The van der Waals surface area contributed by atoms with Gasteiger partial charge in [0.25, 0.3) is 17.7 Å². The Morgan fingerprint density at radius 1 is 0.917 bits per heavy atom. The van der Waals surface area contributed by atoms with Crippen molar-refractivity contribution in [2.24, 2.45) is 16.7 Å². The molecule has 1 unspecified atom stereocenters. The maximum absolute atomic E-state index is 15.5. The summed E-state index contributed by atoms with van der Waals surface area (Å²) in [4.78, 5) is 71.2. The van der Waals surface area contributed by atoms with Crippen LogP contribution in [-0.2, 0) is 9.59 Å². The molecule has 1 aromatic heterocycles. The number of fused-ring (bicyclic) bond motifs is 1. The molecule has 0 spiro atoms. The van der Waals surface area contributed by atoms with Gasteiger partial charge in [-0.05, 0) is 61.6 Å². The average molecular weight is 840 g/mol. The van der Waals surface area contributed by atoms with Gasteiger partial charge < -0.3 is 19.9 Å². The zero-order valence-electron chi connectivity index (χ0n) is 34.0. The molecule has 5 heterocycles. The Morgan fingerprint density at radius 2 is 1.60 bits per heavy atom. The first-order valence-electron chi connectivity index (χ1n) is 20.3. The zero-order chi connectivity index (χ0) is 42.7. The van der Waals surface area contributed by atoms with Crippen molar-refractivity contribution in [1.82, 2.24) is 30.6 Å². The predicted molar refractivity (Wildman–Crippen MR) is 218 cm³/mol. The summed E-state index contributed by atoms with van der Waals surface area (Å²) in [7, 11) is 0. The Labute approximate surface area is 352 Å². The minimum absolute atomic E-state index is 0.0111. The van der Waals surface area contributed by atoms with E-state index in [0.29, 0.717) is 41.2 Å². The molecule has 17 heteroatoms. The first-order chi connectivity index (χ1) is 28.6. The van der Waals surface area contributed by atoms with Gasteiger partial charge in [0.15, 0.2) is 11.5 Å². The van der Waals surface area contributed by atoms with Gasteiger partial charge in [-0.15, -0.1) is 10.2 Å². The number of carbonyl (C=O) groups is 5. The van der Waals surface area contributed by atoms with Crippen LogP contribution in [0.4, 0.5) is 15.9 Å². The van der Waals surface area contributed by atoms with Gasteiger partial charge in [-0.2, -0.15) is 5.26 Å². The molecule has 1 aliphatic carbocycles. The molecule has 0 bridgehead atoms. The van der Waals surface area contributed by atoms with Crippen molar-refractivity contribution in [2.45, 2.75) is 71.6 Å². The third-order valence-electron chi connectivity index (χ3n) is 13.0. The van der Waals surface area contributed by atoms with Crippen LogP contribution in [0.2, 0.25) is 5.02 Å². The van der Waals surface area contributed by atoms with Gasteiger partial charge in [0.2, 0.25) is 11.8 Å². The van der Waals surface area contributed by atoms with Gasteiger partial charge in [0.05, 0.1) is 27.4 Å². The van der Waals surface area contributed by atoms with E-state index in [1.165, 1.54) is 6.07 Å². The van der Waals surface area contributed by atoms with E-state index in [2.05, 4.69) is 36.7 Å². The number of nitrogens with one attached hydrogen (secondary N) is 2. The molecule has 1 atom stereocenters. The monoisotopic (exact) mass is 839 g/mol. The molecule has 3 saturated heterocycles. The number of imide groups is 2. The summed E-state index contributed by atoms with van der Waals surface area (Å²) in [6.07, 6.45) is 1.47. The van der Waals surface area contributed by atoms with Gasteiger partial charge in [0, 0.05) is 75.2 Å². The summed E-state index contributed by atoms with van der Waals surface area (Å²) in [6.45, 7) is 13.4. The Balaban J connectivity index is 0.800. The van der Waals surface area contributed by atoms with Gasteiger partial charge in [-0.3, -0.25) is 39.1 Å². The average Bonchev–Trinajstić information content (AvgIpc) is 3.46. The van der Waals surface area contributed by atoms with Crippen LogP contribution >= 0.6 is 11.6 Å². The fraction of sp³-hybridized carbons (Fsp3) is 0.488. The fourth-order valence-electron chi connectivity index (χ4n) is 10.0. The van der Waals surface area contributed by atoms with Crippen molar-refractivity contribution in [3.8, 4) is 11.8 Å². The molecule has 1 saturated carbocycles. The minimum Gasteiger partial charge on any atom is -0.489 e. The van der Waals surface area contributed by atoms with Crippen molar-refractivity contribution >= 4 is 52.6 Å². The van der Waals surface area contributed by atoms with Crippen molar-refractivity contribution in [2.75, 3.05) is 55.6 Å². The third kappa shape index (κ3) is 7.42. The first-order valence-corrected chi connectivity index (χ1v) is 20.7. The lowest BCUT2D eigenvalue weighted by molar-refractivity contribution is -0.164. The second kappa shape index (κ2) is 15.7. The Hall–Kier alpha value is -5.66. The quantitative estimate of drug-likeness (QED) is 0.294. The van der Waals surface area contributed by atoms with Gasteiger partial charge in [0.1, 0.15) is 29.8 Å². The Morgan fingerprint density at radius 3 is 2.22 bits per heavy atom. The van der Waals surface area contributed by atoms with Crippen molar-refractivity contribution in [3.63, 3.8) is 0 Å². The van der Waals surface area contributed by atoms with E-state index >= 15 is 4.39 Å². The number of ether oxygens (including phenoxy) is 1. The SMILES string of the molecule is CC1(C)C(NC(=O)c2ccc(N3CCN(CC4CCN(c5cc6c(cc5F)C(=O)N(C5CCC(=O)NC5=O)C6=O)CC4)CC3)nn2)C(C)(C)C1Oc1ccc(C#N)c(Cl)c1. The molecule has 2 N–H and O–H groups in total. The lowest BCUT2D eigenvalue weighted by Gasteiger charge is -2.63. The molecular formula is C43H47ClFN9O6. The van der Waals surface area contributed by atoms with Crippen LogP contribution in [0.5, 0.6) is 5.75 Å². The van der Waals surface area contributed by atoms with Gasteiger partial charge in [-0.25, -0.2) is 4.39 Å². The van der Waals surface area contributed by atoms with Crippen LogP contribution in [0.1, 0.15) is 90.1 Å². The molecule has 314 valence electrons. The minimum atomic E-state index is -1.11. The number of anilines is 2. The number of aromatic nitrogens is 2. The maximum atomic E-state index is 15.5.